The molecular formula is C52H74Br4N8O4S2. The van der Waals surface area contributed by atoms with Crippen LogP contribution in [0.15, 0.2) is 72.8 Å². The Morgan fingerprint density at radius 1 is 0.386 bits per heavy atom. The first-order valence-corrected chi connectivity index (χ1v) is 25.9. The summed E-state index contributed by atoms with van der Waals surface area (Å²) in [5.74, 6) is 1.57. The van der Waals surface area contributed by atoms with Crippen LogP contribution < -0.4 is 90.0 Å². The number of fused-ring (bicyclic) bond motifs is 4. The fourth-order valence-electron chi connectivity index (χ4n) is 9.24. The summed E-state index contributed by atoms with van der Waals surface area (Å²) in [5, 5.41) is 6.90. The van der Waals surface area contributed by atoms with E-state index in [1.54, 1.807) is 60.7 Å². The largest absolute Gasteiger partial charge is 1.00 e. The van der Waals surface area contributed by atoms with Crippen LogP contribution in [0.25, 0.3) is 0 Å². The molecule has 0 saturated carbocycles. The number of rotatable bonds is 25. The summed E-state index contributed by atoms with van der Waals surface area (Å²) in [5.41, 5.74) is 17.6. The van der Waals surface area contributed by atoms with Crippen LogP contribution in [0, 0.1) is 0 Å². The Morgan fingerprint density at radius 2 is 0.657 bits per heavy atom. The highest BCUT2D eigenvalue weighted by Crippen LogP contribution is 2.37. The molecule has 6 N–H and O–H groups in total. The van der Waals surface area contributed by atoms with E-state index < -0.39 is 0 Å². The van der Waals surface area contributed by atoms with Gasteiger partial charge in [0.1, 0.15) is 0 Å². The fraction of sp³-hybridized carbons (Fsp3) is 0.462. The minimum atomic E-state index is -0.191. The molecule has 0 unspecified atom stereocenters. The summed E-state index contributed by atoms with van der Waals surface area (Å²) in [6.07, 6.45) is 4.17. The maximum atomic E-state index is 13.5. The van der Waals surface area contributed by atoms with Crippen molar-refractivity contribution in [1.82, 2.24) is 0 Å². The quantitative estimate of drug-likeness (QED) is 0.0191. The summed E-state index contributed by atoms with van der Waals surface area (Å²) in [7, 11) is 22.6. The second kappa shape index (κ2) is 27.5. The van der Waals surface area contributed by atoms with Crippen molar-refractivity contribution in [2.24, 2.45) is 0 Å². The van der Waals surface area contributed by atoms with Crippen LogP contribution in [0.5, 0.6) is 0 Å². The Hall–Kier alpha value is -2.78. The van der Waals surface area contributed by atoms with Gasteiger partial charge in [0.25, 0.3) is 0 Å². The van der Waals surface area contributed by atoms with Crippen LogP contribution in [0.1, 0.15) is 89.4 Å². The Kier molecular flexibility index (Phi) is 24.9. The number of carbonyl (C=O) groups excluding carboxylic acids is 4. The average molecular weight is 1260 g/mol. The molecule has 0 aliphatic heterocycles. The fourth-order valence-corrected chi connectivity index (χ4v) is 11.8. The molecule has 0 amide bonds. The Balaban J connectivity index is 0.00000420. The number of anilines is 4. The lowest BCUT2D eigenvalue weighted by Gasteiger charge is -2.34. The SMILES string of the molecule is C[N+](C)(CCCNc1ccc(N)c2c1C(=O)c1ccccc1C2=O)CCC[N+](C)(C)CCSSCC[N+](C)(C)CCC[N+](C)(C)CCCNc1ccc(N)c2c1C(=O)c1ccccc1C2=O.[Br-].[Br-].[Br-].[Br-]. The van der Waals surface area contributed by atoms with Gasteiger partial charge >= 0.3 is 0 Å². The first kappa shape index (κ1) is 63.3. The molecule has 386 valence electrons. The number of benzene rings is 4. The number of hydrogen-bond donors (Lipinski definition) is 4. The number of nitrogens with two attached hydrogens (primary N) is 2. The van der Waals surface area contributed by atoms with Crippen molar-refractivity contribution in [3.63, 3.8) is 0 Å². The lowest BCUT2D eigenvalue weighted by Crippen LogP contribution is -3.00. The van der Waals surface area contributed by atoms with Gasteiger partial charge < -0.3 is 108 Å². The average Bonchev–Trinajstić information content (AvgIpc) is 3.26. The highest BCUT2D eigenvalue weighted by molar-refractivity contribution is 8.76. The van der Waals surface area contributed by atoms with Gasteiger partial charge in [-0.15, -0.1) is 0 Å². The topological polar surface area (TPSA) is 144 Å². The molecule has 0 atom stereocenters. The van der Waals surface area contributed by atoms with E-state index in [9.17, 15) is 19.2 Å². The van der Waals surface area contributed by atoms with Gasteiger partial charge in [-0.3, -0.25) is 19.2 Å². The van der Waals surface area contributed by atoms with E-state index in [4.69, 9.17) is 11.5 Å². The Labute approximate surface area is 467 Å². The molecule has 4 aromatic carbocycles. The first-order valence-electron chi connectivity index (χ1n) is 23.4. The molecule has 0 aromatic heterocycles. The van der Waals surface area contributed by atoms with Crippen LogP contribution >= 0.6 is 21.6 Å². The van der Waals surface area contributed by atoms with Crippen molar-refractivity contribution in [3.8, 4) is 0 Å². The number of nitrogens with zero attached hydrogens (tertiary/aromatic N) is 4. The van der Waals surface area contributed by atoms with Crippen LogP contribution in [0.3, 0.4) is 0 Å². The van der Waals surface area contributed by atoms with E-state index in [1.807, 2.05) is 33.7 Å². The van der Waals surface area contributed by atoms with E-state index in [1.165, 1.54) is 0 Å². The summed E-state index contributed by atoms with van der Waals surface area (Å²) < 4.78 is 3.88. The second-order valence-corrected chi connectivity index (χ2v) is 23.5. The van der Waals surface area contributed by atoms with Crippen LogP contribution in [-0.2, 0) is 0 Å². The smallest absolute Gasteiger partial charge is 0.196 e. The number of carbonyl (C=O) groups is 4. The van der Waals surface area contributed by atoms with Gasteiger partial charge in [-0.05, 0) is 24.3 Å². The van der Waals surface area contributed by atoms with Gasteiger partial charge in [-0.1, -0.05) is 70.1 Å². The molecule has 0 heterocycles. The summed E-state index contributed by atoms with van der Waals surface area (Å²) in [4.78, 5) is 53.5. The van der Waals surface area contributed by atoms with Gasteiger partial charge in [0.05, 0.1) is 142 Å². The molecule has 70 heavy (non-hydrogen) atoms. The lowest BCUT2D eigenvalue weighted by molar-refractivity contribution is -0.908. The third-order valence-electron chi connectivity index (χ3n) is 13.4. The van der Waals surface area contributed by atoms with Crippen molar-refractivity contribution in [2.45, 2.75) is 25.7 Å². The third kappa shape index (κ3) is 16.4. The highest BCUT2D eigenvalue weighted by Gasteiger charge is 2.35. The minimum absolute atomic E-state index is 0. The molecular weight excluding hydrogens is 1180 g/mol. The Morgan fingerprint density at radius 3 is 0.971 bits per heavy atom. The number of hydrogen-bond acceptors (Lipinski definition) is 10. The molecule has 18 heteroatoms. The van der Waals surface area contributed by atoms with Gasteiger partial charge in [-0.25, -0.2) is 0 Å². The molecule has 2 aliphatic rings. The summed E-state index contributed by atoms with van der Waals surface area (Å²) >= 11 is 0. The molecule has 4 aromatic rings. The Bertz CT molecular complexity index is 2290. The zero-order valence-corrected chi connectivity index (χ0v) is 50.1. The highest BCUT2D eigenvalue weighted by atomic mass is 79.9. The zero-order chi connectivity index (χ0) is 47.9. The number of ketones is 4. The molecule has 0 fully saturated rings. The molecule has 0 saturated heterocycles. The molecule has 0 radical (unpaired) electrons. The predicted octanol–water partition coefficient (Wildman–Crippen LogP) is -4.81. The predicted molar refractivity (Wildman–Crippen MR) is 276 cm³/mol. The maximum absolute atomic E-state index is 13.5. The summed E-state index contributed by atoms with van der Waals surface area (Å²) in [6, 6.07) is 21.0. The molecule has 6 rings (SSSR count). The van der Waals surface area contributed by atoms with E-state index in [2.05, 4.69) is 67.0 Å². The monoisotopic (exact) mass is 1250 g/mol. The molecule has 2 aliphatic carbocycles. The molecule has 0 spiro atoms. The van der Waals surface area contributed by atoms with Crippen molar-refractivity contribution >= 4 is 67.5 Å². The van der Waals surface area contributed by atoms with Crippen molar-refractivity contribution < 1.29 is 105 Å². The van der Waals surface area contributed by atoms with E-state index in [0.717, 1.165) is 107 Å². The number of halogens is 4. The maximum Gasteiger partial charge on any atom is 0.196 e. The van der Waals surface area contributed by atoms with Crippen LogP contribution in [0.2, 0.25) is 0 Å². The van der Waals surface area contributed by atoms with E-state index >= 15 is 0 Å². The van der Waals surface area contributed by atoms with Gasteiger partial charge in [-0.2, -0.15) is 0 Å². The van der Waals surface area contributed by atoms with Gasteiger partial charge in [0.2, 0.25) is 0 Å². The first-order chi connectivity index (χ1) is 31.2. The number of quaternary nitrogens is 4. The zero-order valence-electron chi connectivity index (χ0n) is 42.1. The van der Waals surface area contributed by atoms with Gasteiger partial charge in [0, 0.05) is 83.8 Å². The van der Waals surface area contributed by atoms with E-state index in [0.29, 0.717) is 80.3 Å². The van der Waals surface area contributed by atoms with Crippen LogP contribution in [-0.4, -0.2) is 174 Å². The summed E-state index contributed by atoms with van der Waals surface area (Å²) in [6.45, 7) is 10.2. The van der Waals surface area contributed by atoms with Crippen molar-refractivity contribution in [2.75, 3.05) is 155 Å². The standard InChI is InChI=1S/C52H70N8O4S2.4BrH/c1-57(2,27-13-25-55-43-23-21-41(53)45-47(43)51(63)39-19-11-9-17-37(39)49(45)61)29-15-31-59(5,6)33-35-65-66-36-34-60(7,8)32-16-30-58(3,4)28-14-26-56-44-24-22-42(54)46-48(44)52(64)40-20-12-10-18-38(40)50(46)62;;;;/h9-12,17-24H,13-16,25-36H2,1-8H3,(H2-4,53,54,55,56,61,62,63,64);4*1H. The van der Waals surface area contributed by atoms with Crippen LogP contribution in [0.4, 0.5) is 22.7 Å². The number of nitrogens with one attached hydrogen (secondary N) is 2. The number of nitrogen functional groups attached to an aromatic ring is 2. The third-order valence-corrected chi connectivity index (χ3v) is 15.8. The normalized spacial score (nSPS) is 13.1. The minimum Gasteiger partial charge on any atom is -1.00 e. The van der Waals surface area contributed by atoms with Gasteiger partial charge in [0.15, 0.2) is 23.1 Å². The molecule has 12 nitrogen and oxygen atoms in total. The molecule has 0 bridgehead atoms. The van der Waals surface area contributed by atoms with E-state index in [-0.39, 0.29) is 91.1 Å². The second-order valence-electron chi connectivity index (χ2n) is 20.8. The van der Waals surface area contributed by atoms with Crippen molar-refractivity contribution in [1.29, 1.82) is 0 Å². The van der Waals surface area contributed by atoms with Crippen molar-refractivity contribution in [3.05, 3.63) is 117 Å². The lowest BCUT2D eigenvalue weighted by atomic mass is 9.82.